The van der Waals surface area contributed by atoms with Crippen molar-refractivity contribution in [2.75, 3.05) is 39.8 Å². The lowest BCUT2D eigenvalue weighted by molar-refractivity contribution is 0.130. The summed E-state index contributed by atoms with van der Waals surface area (Å²) < 4.78 is 0. The maximum Gasteiger partial charge on any atom is 0.0416 e. The van der Waals surface area contributed by atoms with Gasteiger partial charge in [0.1, 0.15) is 0 Å². The Morgan fingerprint density at radius 2 is 2.16 bits per heavy atom. The van der Waals surface area contributed by atoms with Crippen molar-refractivity contribution in [1.29, 1.82) is 0 Å². The second-order valence-electron chi connectivity index (χ2n) is 5.41. The van der Waals surface area contributed by atoms with Crippen molar-refractivity contribution >= 4 is 0 Å². The summed E-state index contributed by atoms with van der Waals surface area (Å²) in [6.45, 7) is 5.30. The standard InChI is InChI=1S/C15H26N4/c1-18(10-5-14-4-2-3-9-17-14)15-6-11-19(12-7-15)13-8-16/h2-4,9,15H,5-8,10-13,16H2,1H3. The summed E-state index contributed by atoms with van der Waals surface area (Å²) in [6, 6.07) is 6.86. The third-order valence-electron chi connectivity index (χ3n) is 4.07. The molecule has 0 amide bonds. The molecule has 1 aromatic rings. The SMILES string of the molecule is CN(CCc1ccccn1)C1CCN(CCN)CC1. The monoisotopic (exact) mass is 262 g/mol. The Labute approximate surface area is 116 Å². The van der Waals surface area contributed by atoms with Crippen LogP contribution in [0.2, 0.25) is 0 Å². The quantitative estimate of drug-likeness (QED) is 0.830. The van der Waals surface area contributed by atoms with Gasteiger partial charge in [-0.05, 0) is 45.1 Å². The molecule has 0 bridgehead atoms. The molecule has 0 atom stereocenters. The largest absolute Gasteiger partial charge is 0.329 e. The molecule has 0 saturated carbocycles. The molecule has 2 rings (SSSR count). The second kappa shape index (κ2) is 7.58. The van der Waals surface area contributed by atoms with Gasteiger partial charge in [-0.3, -0.25) is 4.98 Å². The highest BCUT2D eigenvalue weighted by Crippen LogP contribution is 2.15. The first-order chi connectivity index (χ1) is 9.29. The first-order valence-electron chi connectivity index (χ1n) is 7.32. The normalized spacial score (nSPS) is 18.1. The summed E-state index contributed by atoms with van der Waals surface area (Å²) in [5.41, 5.74) is 6.80. The Balaban J connectivity index is 1.71. The number of likely N-dealkylation sites (N-methyl/N-ethyl adjacent to an activating group) is 1. The van der Waals surface area contributed by atoms with Gasteiger partial charge in [0.25, 0.3) is 0 Å². The first kappa shape index (κ1) is 14.4. The Bertz CT molecular complexity index is 346. The average molecular weight is 262 g/mol. The molecule has 1 aromatic heterocycles. The molecule has 2 N–H and O–H groups in total. The molecule has 106 valence electrons. The van der Waals surface area contributed by atoms with Crippen LogP contribution in [0, 0.1) is 0 Å². The Kier molecular flexibility index (Phi) is 5.76. The highest BCUT2D eigenvalue weighted by atomic mass is 15.2. The Morgan fingerprint density at radius 1 is 1.37 bits per heavy atom. The zero-order chi connectivity index (χ0) is 13.5. The molecule has 0 radical (unpaired) electrons. The van der Waals surface area contributed by atoms with Gasteiger partial charge in [0.2, 0.25) is 0 Å². The van der Waals surface area contributed by atoms with Crippen molar-refractivity contribution in [1.82, 2.24) is 14.8 Å². The molecule has 1 aliphatic rings. The van der Waals surface area contributed by atoms with E-state index in [0.29, 0.717) is 0 Å². The van der Waals surface area contributed by atoms with Crippen LogP contribution < -0.4 is 5.73 Å². The van der Waals surface area contributed by atoms with Crippen molar-refractivity contribution in [3.05, 3.63) is 30.1 Å². The van der Waals surface area contributed by atoms with Crippen LogP contribution in [0.5, 0.6) is 0 Å². The lowest BCUT2D eigenvalue weighted by Crippen LogP contribution is -2.45. The van der Waals surface area contributed by atoms with E-state index in [4.69, 9.17) is 5.73 Å². The van der Waals surface area contributed by atoms with Gasteiger partial charge < -0.3 is 15.5 Å². The van der Waals surface area contributed by atoms with Gasteiger partial charge >= 0.3 is 0 Å². The molecule has 4 heteroatoms. The van der Waals surface area contributed by atoms with Crippen LogP contribution >= 0.6 is 0 Å². The predicted octanol–water partition coefficient (Wildman–Crippen LogP) is 0.979. The third kappa shape index (κ3) is 4.56. The van der Waals surface area contributed by atoms with E-state index in [0.717, 1.165) is 32.1 Å². The van der Waals surface area contributed by atoms with Crippen LogP contribution in [-0.2, 0) is 6.42 Å². The van der Waals surface area contributed by atoms with Gasteiger partial charge in [-0.1, -0.05) is 6.07 Å². The van der Waals surface area contributed by atoms with Gasteiger partial charge in [0.15, 0.2) is 0 Å². The van der Waals surface area contributed by atoms with E-state index >= 15 is 0 Å². The van der Waals surface area contributed by atoms with Crippen molar-refractivity contribution in [2.24, 2.45) is 5.73 Å². The number of hydrogen-bond acceptors (Lipinski definition) is 4. The van der Waals surface area contributed by atoms with Crippen LogP contribution in [0.25, 0.3) is 0 Å². The molecule has 0 aromatic carbocycles. The molecule has 1 saturated heterocycles. The minimum absolute atomic E-state index is 0.720. The molecule has 0 aliphatic carbocycles. The average Bonchev–Trinajstić information content (AvgIpc) is 2.47. The zero-order valence-corrected chi connectivity index (χ0v) is 12.0. The van der Waals surface area contributed by atoms with E-state index < -0.39 is 0 Å². The van der Waals surface area contributed by atoms with E-state index in [-0.39, 0.29) is 0 Å². The summed E-state index contributed by atoms with van der Waals surface area (Å²) in [5, 5.41) is 0. The van der Waals surface area contributed by atoms with Gasteiger partial charge in [-0.2, -0.15) is 0 Å². The number of likely N-dealkylation sites (tertiary alicyclic amines) is 1. The van der Waals surface area contributed by atoms with Crippen molar-refractivity contribution < 1.29 is 0 Å². The van der Waals surface area contributed by atoms with Crippen LogP contribution in [-0.4, -0.2) is 60.6 Å². The van der Waals surface area contributed by atoms with Crippen LogP contribution in [0.4, 0.5) is 0 Å². The molecule has 1 aliphatic heterocycles. The zero-order valence-electron chi connectivity index (χ0n) is 12.0. The van der Waals surface area contributed by atoms with E-state index in [1.165, 1.54) is 31.6 Å². The molecule has 1 fully saturated rings. The van der Waals surface area contributed by atoms with Gasteiger partial charge in [0.05, 0.1) is 0 Å². The maximum absolute atomic E-state index is 5.61. The lowest BCUT2D eigenvalue weighted by Gasteiger charge is -2.36. The summed E-state index contributed by atoms with van der Waals surface area (Å²) in [5.74, 6) is 0. The molecule has 2 heterocycles. The highest BCUT2D eigenvalue weighted by molar-refractivity contribution is 5.03. The van der Waals surface area contributed by atoms with Crippen LogP contribution in [0.1, 0.15) is 18.5 Å². The van der Waals surface area contributed by atoms with Gasteiger partial charge in [0, 0.05) is 44.0 Å². The fraction of sp³-hybridized carbons (Fsp3) is 0.667. The molecule has 19 heavy (non-hydrogen) atoms. The molecule has 0 unspecified atom stereocenters. The maximum atomic E-state index is 5.61. The number of hydrogen-bond donors (Lipinski definition) is 1. The second-order valence-corrected chi connectivity index (χ2v) is 5.41. The molecular formula is C15H26N4. The van der Waals surface area contributed by atoms with Gasteiger partial charge in [-0.15, -0.1) is 0 Å². The number of pyridine rings is 1. The molecular weight excluding hydrogens is 236 g/mol. The fourth-order valence-corrected chi connectivity index (χ4v) is 2.79. The number of aromatic nitrogens is 1. The van der Waals surface area contributed by atoms with Crippen molar-refractivity contribution in [3.8, 4) is 0 Å². The van der Waals surface area contributed by atoms with E-state index in [1.807, 2.05) is 12.3 Å². The summed E-state index contributed by atoms with van der Waals surface area (Å²) in [7, 11) is 2.24. The number of nitrogens with two attached hydrogens (primary N) is 1. The van der Waals surface area contributed by atoms with E-state index in [9.17, 15) is 0 Å². The van der Waals surface area contributed by atoms with E-state index in [1.54, 1.807) is 0 Å². The molecule has 4 nitrogen and oxygen atoms in total. The summed E-state index contributed by atoms with van der Waals surface area (Å²) >= 11 is 0. The first-order valence-corrected chi connectivity index (χ1v) is 7.32. The topological polar surface area (TPSA) is 45.4 Å². The lowest BCUT2D eigenvalue weighted by atomic mass is 10.0. The predicted molar refractivity (Wildman–Crippen MR) is 79.1 cm³/mol. The Morgan fingerprint density at radius 3 is 2.79 bits per heavy atom. The molecule has 0 spiro atoms. The third-order valence-corrected chi connectivity index (χ3v) is 4.07. The van der Waals surface area contributed by atoms with Crippen molar-refractivity contribution in [2.45, 2.75) is 25.3 Å². The number of nitrogens with zero attached hydrogens (tertiary/aromatic N) is 3. The highest BCUT2D eigenvalue weighted by Gasteiger charge is 2.21. The fourth-order valence-electron chi connectivity index (χ4n) is 2.79. The van der Waals surface area contributed by atoms with Crippen molar-refractivity contribution in [3.63, 3.8) is 0 Å². The van der Waals surface area contributed by atoms with Crippen LogP contribution in [0.3, 0.4) is 0 Å². The van der Waals surface area contributed by atoms with Gasteiger partial charge in [-0.25, -0.2) is 0 Å². The summed E-state index contributed by atoms with van der Waals surface area (Å²) in [4.78, 5) is 9.35. The number of piperidine rings is 1. The van der Waals surface area contributed by atoms with E-state index in [2.05, 4.69) is 34.0 Å². The minimum Gasteiger partial charge on any atom is -0.329 e. The van der Waals surface area contributed by atoms with Crippen LogP contribution in [0.15, 0.2) is 24.4 Å². The summed E-state index contributed by atoms with van der Waals surface area (Å²) in [6.07, 6.45) is 5.44. The number of rotatable bonds is 6. The Hall–Kier alpha value is -0.970. The smallest absolute Gasteiger partial charge is 0.0416 e. The minimum atomic E-state index is 0.720.